The molecule has 1 unspecified atom stereocenters. The van der Waals surface area contributed by atoms with Crippen LogP contribution < -0.4 is 11.1 Å². The Hall–Kier alpha value is -1.10. The van der Waals surface area contributed by atoms with E-state index in [-0.39, 0.29) is 17.7 Å². The van der Waals surface area contributed by atoms with E-state index in [0.717, 1.165) is 51.5 Å². The molecular formula is C16H29N3O2. The van der Waals surface area contributed by atoms with Crippen molar-refractivity contribution >= 4 is 11.8 Å². The van der Waals surface area contributed by atoms with Crippen molar-refractivity contribution in [3.63, 3.8) is 0 Å². The summed E-state index contributed by atoms with van der Waals surface area (Å²) in [7, 11) is 1.66. The van der Waals surface area contributed by atoms with Crippen molar-refractivity contribution in [2.75, 3.05) is 20.1 Å². The van der Waals surface area contributed by atoms with Gasteiger partial charge in [0, 0.05) is 32.6 Å². The summed E-state index contributed by atoms with van der Waals surface area (Å²) in [6, 6.07) is 0.368. The Morgan fingerprint density at radius 2 is 1.90 bits per heavy atom. The molecule has 5 nitrogen and oxygen atoms in total. The molecule has 5 heteroatoms. The molecule has 1 saturated heterocycles. The Morgan fingerprint density at radius 3 is 2.57 bits per heavy atom. The van der Waals surface area contributed by atoms with Crippen molar-refractivity contribution in [2.45, 2.75) is 57.4 Å². The molecule has 0 radical (unpaired) electrons. The Bertz CT molecular complexity index is 365. The first-order valence-electron chi connectivity index (χ1n) is 8.35. The molecule has 0 aromatic rings. The fourth-order valence-electron chi connectivity index (χ4n) is 3.58. The van der Waals surface area contributed by atoms with E-state index in [1.165, 1.54) is 0 Å². The number of nitrogens with one attached hydrogen (secondary N) is 1. The van der Waals surface area contributed by atoms with Gasteiger partial charge in [-0.3, -0.25) is 9.59 Å². The number of amides is 2. The smallest absolute Gasteiger partial charge is 0.224 e. The quantitative estimate of drug-likeness (QED) is 0.820. The number of likely N-dealkylation sites (tertiary alicyclic amines) is 1. The zero-order chi connectivity index (χ0) is 15.2. The number of carbonyl (C=O) groups is 2. The van der Waals surface area contributed by atoms with Gasteiger partial charge >= 0.3 is 0 Å². The van der Waals surface area contributed by atoms with Gasteiger partial charge in [0.2, 0.25) is 11.8 Å². The highest BCUT2D eigenvalue weighted by Gasteiger charge is 2.28. The number of carbonyl (C=O) groups excluding carboxylic acids is 2. The largest absolute Gasteiger partial charge is 0.359 e. The van der Waals surface area contributed by atoms with Gasteiger partial charge in [-0.1, -0.05) is 0 Å². The van der Waals surface area contributed by atoms with Crippen LogP contribution in [0.25, 0.3) is 0 Å². The van der Waals surface area contributed by atoms with Gasteiger partial charge in [-0.05, 0) is 50.9 Å². The predicted molar refractivity (Wildman–Crippen MR) is 82.5 cm³/mol. The molecule has 2 aliphatic rings. The molecule has 2 amide bonds. The molecule has 120 valence electrons. The predicted octanol–water partition coefficient (Wildman–Crippen LogP) is 1.27. The second-order valence-corrected chi connectivity index (χ2v) is 6.61. The first-order chi connectivity index (χ1) is 10.1. The third-order valence-electron chi connectivity index (χ3n) is 5.05. The monoisotopic (exact) mass is 295 g/mol. The topological polar surface area (TPSA) is 75.4 Å². The van der Waals surface area contributed by atoms with Crippen LogP contribution in [0.15, 0.2) is 0 Å². The Balaban J connectivity index is 1.73. The third kappa shape index (κ3) is 4.70. The maximum absolute atomic E-state index is 12.3. The highest BCUT2D eigenvalue weighted by atomic mass is 16.2. The average Bonchev–Trinajstić information content (AvgIpc) is 2.53. The van der Waals surface area contributed by atoms with Crippen LogP contribution >= 0.6 is 0 Å². The zero-order valence-electron chi connectivity index (χ0n) is 13.1. The summed E-state index contributed by atoms with van der Waals surface area (Å²) in [6.45, 7) is 1.40. The molecule has 1 heterocycles. The molecule has 1 aliphatic carbocycles. The fraction of sp³-hybridized carbons (Fsp3) is 0.875. The Morgan fingerprint density at radius 1 is 1.19 bits per heavy atom. The van der Waals surface area contributed by atoms with Gasteiger partial charge in [0.1, 0.15) is 0 Å². The van der Waals surface area contributed by atoms with Crippen LogP contribution in [0.4, 0.5) is 0 Å². The minimum Gasteiger partial charge on any atom is -0.359 e. The summed E-state index contributed by atoms with van der Waals surface area (Å²) >= 11 is 0. The lowest BCUT2D eigenvalue weighted by Gasteiger charge is -2.32. The van der Waals surface area contributed by atoms with Gasteiger partial charge in [0.05, 0.1) is 5.92 Å². The van der Waals surface area contributed by atoms with E-state index in [1.807, 2.05) is 4.90 Å². The van der Waals surface area contributed by atoms with E-state index in [9.17, 15) is 9.59 Å². The van der Waals surface area contributed by atoms with E-state index < -0.39 is 0 Å². The van der Waals surface area contributed by atoms with Crippen molar-refractivity contribution in [2.24, 2.45) is 17.6 Å². The van der Waals surface area contributed by atoms with Crippen molar-refractivity contribution in [3.8, 4) is 0 Å². The molecular weight excluding hydrogens is 266 g/mol. The van der Waals surface area contributed by atoms with Crippen LogP contribution in [0.3, 0.4) is 0 Å². The minimum atomic E-state index is -0.0274. The van der Waals surface area contributed by atoms with Gasteiger partial charge in [0.15, 0.2) is 0 Å². The Labute approximate surface area is 127 Å². The molecule has 1 atom stereocenters. The van der Waals surface area contributed by atoms with Crippen LogP contribution in [0.2, 0.25) is 0 Å². The number of nitrogens with zero attached hydrogens (tertiary/aromatic N) is 1. The maximum atomic E-state index is 12.3. The highest BCUT2D eigenvalue weighted by molar-refractivity contribution is 5.81. The van der Waals surface area contributed by atoms with Gasteiger partial charge in [-0.25, -0.2) is 0 Å². The molecule has 2 rings (SSSR count). The van der Waals surface area contributed by atoms with Crippen molar-refractivity contribution in [1.29, 1.82) is 0 Å². The van der Waals surface area contributed by atoms with E-state index in [4.69, 9.17) is 5.73 Å². The molecule has 0 spiro atoms. The van der Waals surface area contributed by atoms with Gasteiger partial charge in [0.25, 0.3) is 0 Å². The molecule has 21 heavy (non-hydrogen) atoms. The van der Waals surface area contributed by atoms with E-state index in [0.29, 0.717) is 24.9 Å². The SMILES string of the molecule is CNC(=O)C1CCCN(C(=O)CCC2CCC(N)CC2)C1. The van der Waals surface area contributed by atoms with Crippen LogP contribution in [0, 0.1) is 11.8 Å². The molecule has 0 bridgehead atoms. The minimum absolute atomic E-state index is 0.0274. The number of nitrogens with two attached hydrogens (primary N) is 1. The summed E-state index contributed by atoms with van der Waals surface area (Å²) in [6.07, 6.45) is 7.95. The lowest BCUT2D eigenvalue weighted by Crippen LogP contribution is -2.44. The second kappa shape index (κ2) is 7.78. The van der Waals surface area contributed by atoms with E-state index >= 15 is 0 Å². The molecule has 0 aromatic carbocycles. The lowest BCUT2D eigenvalue weighted by molar-refractivity contribution is -0.135. The lowest BCUT2D eigenvalue weighted by atomic mass is 9.83. The number of hydrogen-bond acceptors (Lipinski definition) is 3. The zero-order valence-corrected chi connectivity index (χ0v) is 13.1. The van der Waals surface area contributed by atoms with Gasteiger partial charge in [-0.15, -0.1) is 0 Å². The molecule has 1 aliphatic heterocycles. The second-order valence-electron chi connectivity index (χ2n) is 6.61. The highest BCUT2D eigenvalue weighted by Crippen LogP contribution is 2.27. The van der Waals surface area contributed by atoms with Crippen molar-refractivity contribution in [3.05, 3.63) is 0 Å². The van der Waals surface area contributed by atoms with Gasteiger partial charge < -0.3 is 16.0 Å². The van der Waals surface area contributed by atoms with Crippen molar-refractivity contribution < 1.29 is 9.59 Å². The summed E-state index contributed by atoms with van der Waals surface area (Å²) < 4.78 is 0. The first-order valence-corrected chi connectivity index (χ1v) is 8.35. The summed E-state index contributed by atoms with van der Waals surface area (Å²) in [4.78, 5) is 25.9. The summed E-state index contributed by atoms with van der Waals surface area (Å²) in [5, 5.41) is 2.69. The fourth-order valence-corrected chi connectivity index (χ4v) is 3.58. The third-order valence-corrected chi connectivity index (χ3v) is 5.05. The summed E-state index contributed by atoms with van der Waals surface area (Å²) in [5.41, 5.74) is 5.91. The van der Waals surface area contributed by atoms with Crippen LogP contribution in [-0.2, 0) is 9.59 Å². The number of piperidine rings is 1. The average molecular weight is 295 g/mol. The molecule has 2 fully saturated rings. The summed E-state index contributed by atoms with van der Waals surface area (Å²) in [5.74, 6) is 0.917. The first kappa shape index (κ1) is 16.3. The normalized spacial score (nSPS) is 30.0. The van der Waals surface area contributed by atoms with E-state index in [1.54, 1.807) is 7.05 Å². The van der Waals surface area contributed by atoms with E-state index in [2.05, 4.69) is 5.32 Å². The van der Waals surface area contributed by atoms with Gasteiger partial charge in [-0.2, -0.15) is 0 Å². The van der Waals surface area contributed by atoms with Crippen LogP contribution in [0.1, 0.15) is 51.4 Å². The van der Waals surface area contributed by atoms with Crippen LogP contribution in [0.5, 0.6) is 0 Å². The molecule has 3 N–H and O–H groups in total. The number of hydrogen-bond donors (Lipinski definition) is 2. The number of rotatable bonds is 4. The molecule has 1 saturated carbocycles. The maximum Gasteiger partial charge on any atom is 0.224 e. The molecule has 0 aromatic heterocycles. The standard InChI is InChI=1S/C16H29N3O2/c1-18-16(21)13-3-2-10-19(11-13)15(20)9-6-12-4-7-14(17)8-5-12/h12-14H,2-11,17H2,1H3,(H,18,21). The van der Waals surface area contributed by atoms with Crippen LogP contribution in [-0.4, -0.2) is 42.9 Å². The Kier molecular flexibility index (Phi) is 6.03. The van der Waals surface area contributed by atoms with Crippen molar-refractivity contribution in [1.82, 2.24) is 10.2 Å².